The molecule has 2 N–H and O–H groups in total. The molecule has 0 saturated heterocycles. The third-order valence-electron chi connectivity index (χ3n) is 4.49. The Morgan fingerprint density at radius 3 is 2.96 bits per heavy atom. The third kappa shape index (κ3) is 2.46. The van der Waals surface area contributed by atoms with Gasteiger partial charge in [0.25, 0.3) is 0 Å². The molecule has 0 aliphatic carbocycles. The zero-order chi connectivity index (χ0) is 17.4. The predicted octanol–water partition coefficient (Wildman–Crippen LogP) is 2.77. The van der Waals surface area contributed by atoms with E-state index < -0.39 is 0 Å². The van der Waals surface area contributed by atoms with Crippen molar-refractivity contribution in [2.45, 2.75) is 20.0 Å². The van der Waals surface area contributed by atoms with Gasteiger partial charge >= 0.3 is 0 Å². The van der Waals surface area contributed by atoms with E-state index in [2.05, 4.69) is 20.6 Å². The average molecular weight is 331 g/mol. The lowest BCUT2D eigenvalue weighted by Gasteiger charge is -2.22. The number of aryl methyl sites for hydroxylation is 1. The number of hydrogen-bond acceptors (Lipinski definition) is 5. The smallest absolute Gasteiger partial charge is 0.142 e. The van der Waals surface area contributed by atoms with Crippen LogP contribution in [0.5, 0.6) is 0 Å². The van der Waals surface area contributed by atoms with Gasteiger partial charge in [-0.3, -0.25) is 4.98 Å². The number of nitriles is 1. The van der Waals surface area contributed by atoms with Crippen LogP contribution < -0.4 is 5.73 Å². The van der Waals surface area contributed by atoms with Crippen LogP contribution in [-0.4, -0.2) is 21.1 Å². The minimum absolute atomic E-state index is 0.273. The van der Waals surface area contributed by atoms with Gasteiger partial charge < -0.3 is 15.0 Å². The minimum Gasteiger partial charge on any atom is -0.383 e. The van der Waals surface area contributed by atoms with Gasteiger partial charge in [0.15, 0.2) is 0 Å². The van der Waals surface area contributed by atoms with Crippen molar-refractivity contribution in [3.05, 3.63) is 59.2 Å². The Morgan fingerprint density at radius 2 is 2.20 bits per heavy atom. The first-order valence-electron chi connectivity index (χ1n) is 8.09. The molecule has 6 nitrogen and oxygen atoms in total. The van der Waals surface area contributed by atoms with E-state index in [9.17, 15) is 5.26 Å². The summed E-state index contributed by atoms with van der Waals surface area (Å²) in [5, 5.41) is 9.70. The predicted molar refractivity (Wildman–Crippen MR) is 94.0 cm³/mol. The fourth-order valence-electron chi connectivity index (χ4n) is 3.36. The van der Waals surface area contributed by atoms with Gasteiger partial charge in [-0.15, -0.1) is 0 Å². The van der Waals surface area contributed by atoms with Crippen molar-refractivity contribution in [2.75, 3.05) is 12.3 Å². The summed E-state index contributed by atoms with van der Waals surface area (Å²) in [6, 6.07) is 10.1. The molecule has 0 fully saturated rings. The number of ether oxygens (including phenoxy) is 1. The summed E-state index contributed by atoms with van der Waals surface area (Å²) in [7, 11) is 0. The number of pyridine rings is 2. The number of nitrogens with zero attached hydrogens (tertiary/aromatic N) is 4. The second kappa shape index (κ2) is 6.04. The summed E-state index contributed by atoms with van der Waals surface area (Å²) in [5.41, 5.74) is 12.0. The van der Waals surface area contributed by atoms with Crippen molar-refractivity contribution in [1.29, 1.82) is 5.26 Å². The van der Waals surface area contributed by atoms with Crippen molar-refractivity contribution in [3.63, 3.8) is 0 Å². The van der Waals surface area contributed by atoms with Gasteiger partial charge in [-0.1, -0.05) is 0 Å². The van der Waals surface area contributed by atoms with Crippen LogP contribution in [-0.2, 0) is 17.8 Å². The maximum atomic E-state index is 9.70. The van der Waals surface area contributed by atoms with Crippen molar-refractivity contribution in [3.8, 4) is 23.0 Å². The molecule has 1 aliphatic heterocycles. The number of aromatic nitrogens is 3. The highest BCUT2D eigenvalue weighted by Crippen LogP contribution is 2.36. The van der Waals surface area contributed by atoms with Gasteiger partial charge in [0, 0.05) is 29.4 Å². The van der Waals surface area contributed by atoms with Crippen LogP contribution in [0.15, 0.2) is 36.7 Å². The Kier molecular flexibility index (Phi) is 3.71. The van der Waals surface area contributed by atoms with Crippen LogP contribution in [0.4, 0.5) is 5.82 Å². The first-order valence-corrected chi connectivity index (χ1v) is 8.09. The second-order valence-corrected chi connectivity index (χ2v) is 5.99. The SMILES string of the molecule is Cc1ccc(-c2c(C#N)c(N)nc3c2COCC3)n1-c1cccnc1. The topological polar surface area (TPSA) is 89.8 Å². The van der Waals surface area contributed by atoms with Crippen LogP contribution in [0, 0.1) is 18.3 Å². The standard InChI is InChI=1S/C19H17N5O/c1-12-4-5-17(24(12)13-3-2-7-22-10-13)18-14(9-20)19(21)23-16-6-8-25-11-15(16)18/h2-5,7,10H,6,8,11H2,1H3,(H2,21,23). The van der Waals surface area contributed by atoms with E-state index in [0.29, 0.717) is 25.2 Å². The Labute approximate surface area is 145 Å². The van der Waals surface area contributed by atoms with Crippen molar-refractivity contribution in [1.82, 2.24) is 14.5 Å². The van der Waals surface area contributed by atoms with Gasteiger partial charge in [-0.2, -0.15) is 5.26 Å². The molecule has 0 radical (unpaired) electrons. The zero-order valence-electron chi connectivity index (χ0n) is 13.9. The Balaban J connectivity index is 2.04. The number of anilines is 1. The summed E-state index contributed by atoms with van der Waals surface area (Å²) in [4.78, 5) is 8.65. The molecule has 0 aromatic carbocycles. The van der Waals surface area contributed by atoms with Crippen LogP contribution in [0.3, 0.4) is 0 Å². The first kappa shape index (κ1) is 15.4. The average Bonchev–Trinajstić information content (AvgIpc) is 3.02. The molecule has 3 aromatic heterocycles. The van der Waals surface area contributed by atoms with E-state index in [4.69, 9.17) is 10.5 Å². The monoisotopic (exact) mass is 331 g/mol. The van der Waals surface area contributed by atoms with Gasteiger partial charge in [0.2, 0.25) is 0 Å². The Bertz CT molecular complexity index is 985. The molecule has 4 rings (SSSR count). The van der Waals surface area contributed by atoms with Crippen LogP contribution in [0.25, 0.3) is 16.9 Å². The molecule has 3 aromatic rings. The Hall–Kier alpha value is -3.17. The van der Waals surface area contributed by atoms with Crippen molar-refractivity contribution in [2.24, 2.45) is 0 Å². The number of nitrogen functional groups attached to an aromatic ring is 1. The number of fused-ring (bicyclic) bond motifs is 1. The lowest BCUT2D eigenvalue weighted by atomic mass is 9.96. The van der Waals surface area contributed by atoms with Crippen LogP contribution in [0.2, 0.25) is 0 Å². The molecule has 0 saturated carbocycles. The highest BCUT2D eigenvalue weighted by Gasteiger charge is 2.25. The van der Waals surface area contributed by atoms with E-state index >= 15 is 0 Å². The summed E-state index contributed by atoms with van der Waals surface area (Å²) >= 11 is 0. The van der Waals surface area contributed by atoms with Gasteiger partial charge in [0.1, 0.15) is 17.5 Å². The summed E-state index contributed by atoms with van der Waals surface area (Å²) in [5.74, 6) is 0.273. The number of nitrogens with two attached hydrogens (primary N) is 1. The van der Waals surface area contributed by atoms with E-state index in [0.717, 1.165) is 33.9 Å². The van der Waals surface area contributed by atoms with Crippen molar-refractivity contribution < 1.29 is 4.74 Å². The van der Waals surface area contributed by atoms with E-state index in [-0.39, 0.29) is 5.82 Å². The molecule has 0 amide bonds. The minimum atomic E-state index is 0.273. The third-order valence-corrected chi connectivity index (χ3v) is 4.49. The molecule has 0 bridgehead atoms. The van der Waals surface area contributed by atoms with E-state index in [1.807, 2.05) is 31.2 Å². The van der Waals surface area contributed by atoms with Crippen molar-refractivity contribution >= 4 is 5.82 Å². The fourth-order valence-corrected chi connectivity index (χ4v) is 3.36. The second-order valence-electron chi connectivity index (χ2n) is 5.99. The highest BCUT2D eigenvalue weighted by molar-refractivity contribution is 5.79. The molecule has 0 spiro atoms. The maximum Gasteiger partial charge on any atom is 0.142 e. The molecule has 25 heavy (non-hydrogen) atoms. The summed E-state index contributed by atoms with van der Waals surface area (Å²) < 4.78 is 7.72. The van der Waals surface area contributed by atoms with Crippen LogP contribution in [0.1, 0.15) is 22.5 Å². The first-order chi connectivity index (χ1) is 12.2. The van der Waals surface area contributed by atoms with E-state index in [1.54, 1.807) is 12.4 Å². The Morgan fingerprint density at radius 1 is 1.32 bits per heavy atom. The number of hydrogen-bond donors (Lipinski definition) is 1. The quantitative estimate of drug-likeness (QED) is 0.780. The molecule has 0 unspecified atom stereocenters. The zero-order valence-corrected chi connectivity index (χ0v) is 13.9. The molecular formula is C19H17N5O. The molecular weight excluding hydrogens is 314 g/mol. The highest BCUT2D eigenvalue weighted by atomic mass is 16.5. The van der Waals surface area contributed by atoms with Gasteiger partial charge in [-0.25, -0.2) is 4.98 Å². The number of rotatable bonds is 2. The summed E-state index contributed by atoms with van der Waals surface area (Å²) in [6.45, 7) is 3.08. The molecule has 124 valence electrons. The lowest BCUT2D eigenvalue weighted by Crippen LogP contribution is -2.17. The molecule has 4 heterocycles. The molecule has 6 heteroatoms. The fraction of sp³-hybridized carbons (Fsp3) is 0.211. The maximum absolute atomic E-state index is 9.70. The normalized spacial score (nSPS) is 13.3. The molecule has 1 aliphatic rings. The lowest BCUT2D eigenvalue weighted by molar-refractivity contribution is 0.109. The summed E-state index contributed by atoms with van der Waals surface area (Å²) in [6.07, 6.45) is 4.24. The molecule has 0 atom stereocenters. The van der Waals surface area contributed by atoms with Gasteiger partial charge in [0.05, 0.1) is 36.5 Å². The largest absolute Gasteiger partial charge is 0.383 e. The van der Waals surface area contributed by atoms with Gasteiger partial charge in [-0.05, 0) is 31.2 Å². The van der Waals surface area contributed by atoms with E-state index in [1.165, 1.54) is 0 Å². The van der Waals surface area contributed by atoms with Crippen LogP contribution >= 0.6 is 0 Å².